The molecule has 1 aliphatic carbocycles. The maximum absolute atomic E-state index is 12.6. The van der Waals surface area contributed by atoms with Gasteiger partial charge in [-0.15, -0.1) is 11.3 Å². The highest BCUT2D eigenvalue weighted by Crippen LogP contribution is 2.49. The summed E-state index contributed by atoms with van der Waals surface area (Å²) in [6, 6.07) is 10.2. The van der Waals surface area contributed by atoms with Crippen LogP contribution in [0.4, 0.5) is 5.13 Å². The van der Waals surface area contributed by atoms with E-state index in [1.54, 1.807) is 0 Å². The average molecular weight is 301 g/mol. The van der Waals surface area contributed by atoms with Crippen LogP contribution in [-0.4, -0.2) is 17.9 Å². The average Bonchev–Trinajstić information content (AvgIpc) is 3.22. The van der Waals surface area contributed by atoms with Crippen LogP contribution in [0.5, 0.6) is 0 Å². The normalized spacial score (nSPS) is 17.2. The van der Waals surface area contributed by atoms with E-state index in [4.69, 9.17) is 0 Å². The molecule has 1 unspecified atom stereocenters. The molecule has 0 radical (unpaired) electrons. The largest absolute Gasteiger partial charge is 0.312 e. The van der Waals surface area contributed by atoms with Crippen molar-refractivity contribution in [3.8, 4) is 0 Å². The first-order valence-electron chi connectivity index (χ1n) is 7.15. The summed E-state index contributed by atoms with van der Waals surface area (Å²) in [6.07, 6.45) is 1.82. The number of carbonyl (C=O) groups excluding carboxylic acids is 1. The van der Waals surface area contributed by atoms with Crippen molar-refractivity contribution < 1.29 is 4.79 Å². The molecule has 2 aromatic rings. The molecule has 110 valence electrons. The molecule has 0 saturated heterocycles. The predicted molar refractivity (Wildman–Crippen MR) is 85.6 cm³/mol. The van der Waals surface area contributed by atoms with E-state index in [-0.39, 0.29) is 17.4 Å². The van der Waals surface area contributed by atoms with Gasteiger partial charge in [0.2, 0.25) is 5.91 Å². The van der Waals surface area contributed by atoms with E-state index in [9.17, 15) is 4.79 Å². The predicted octanol–water partition coefficient (Wildman–Crippen LogP) is 3.09. The Morgan fingerprint density at radius 1 is 1.33 bits per heavy atom. The van der Waals surface area contributed by atoms with Crippen LogP contribution in [0.15, 0.2) is 35.7 Å². The Balaban J connectivity index is 1.74. The number of aromatic nitrogens is 1. The number of rotatable bonds is 5. The number of carbonyl (C=O) groups is 1. The van der Waals surface area contributed by atoms with Gasteiger partial charge in [-0.3, -0.25) is 4.79 Å². The number of anilines is 1. The molecule has 1 atom stereocenters. The second kappa shape index (κ2) is 5.58. The first-order chi connectivity index (χ1) is 10.2. The monoisotopic (exact) mass is 301 g/mol. The van der Waals surface area contributed by atoms with E-state index < -0.39 is 0 Å². The number of amides is 1. The molecule has 0 spiro atoms. The van der Waals surface area contributed by atoms with Crippen LogP contribution in [0.2, 0.25) is 0 Å². The summed E-state index contributed by atoms with van der Waals surface area (Å²) in [6.45, 7) is 2.05. The van der Waals surface area contributed by atoms with Crippen LogP contribution in [0.3, 0.4) is 0 Å². The quantitative estimate of drug-likeness (QED) is 0.892. The molecule has 1 fully saturated rings. The summed E-state index contributed by atoms with van der Waals surface area (Å²) < 4.78 is 0. The van der Waals surface area contributed by atoms with Crippen LogP contribution in [0.25, 0.3) is 0 Å². The first kappa shape index (κ1) is 14.2. The van der Waals surface area contributed by atoms with Gasteiger partial charge in [-0.2, -0.15) is 0 Å². The smallest absolute Gasteiger partial charge is 0.236 e. The van der Waals surface area contributed by atoms with Gasteiger partial charge in [0.05, 0.1) is 11.1 Å². The van der Waals surface area contributed by atoms with Crippen molar-refractivity contribution in [3.63, 3.8) is 0 Å². The summed E-state index contributed by atoms with van der Waals surface area (Å²) in [5, 5.41) is 8.80. The van der Waals surface area contributed by atoms with Crippen molar-refractivity contribution >= 4 is 22.4 Å². The molecule has 3 rings (SSSR count). The van der Waals surface area contributed by atoms with Gasteiger partial charge >= 0.3 is 0 Å². The highest BCUT2D eigenvalue weighted by Gasteiger charge is 2.51. The molecule has 0 aliphatic heterocycles. The Kier molecular flexibility index (Phi) is 3.78. The van der Waals surface area contributed by atoms with Crippen LogP contribution in [-0.2, 0) is 10.2 Å². The zero-order chi connectivity index (χ0) is 14.9. The van der Waals surface area contributed by atoms with Crippen molar-refractivity contribution in [3.05, 3.63) is 47.0 Å². The van der Waals surface area contributed by atoms with E-state index in [0.717, 1.165) is 24.1 Å². The lowest BCUT2D eigenvalue weighted by molar-refractivity contribution is -0.118. The van der Waals surface area contributed by atoms with Gasteiger partial charge < -0.3 is 10.6 Å². The van der Waals surface area contributed by atoms with E-state index in [0.29, 0.717) is 5.13 Å². The van der Waals surface area contributed by atoms with Gasteiger partial charge in [-0.25, -0.2) is 4.98 Å². The third kappa shape index (κ3) is 2.71. The maximum atomic E-state index is 12.6. The Hall–Kier alpha value is -1.72. The second-order valence-electron chi connectivity index (χ2n) is 5.49. The number of hydrogen-bond acceptors (Lipinski definition) is 4. The van der Waals surface area contributed by atoms with Gasteiger partial charge in [-0.1, -0.05) is 30.3 Å². The zero-order valence-corrected chi connectivity index (χ0v) is 13.0. The number of benzene rings is 1. The Morgan fingerprint density at radius 3 is 2.67 bits per heavy atom. The number of nitrogens with one attached hydrogen (secondary N) is 2. The lowest BCUT2D eigenvalue weighted by atomic mass is 9.95. The fourth-order valence-corrected chi connectivity index (χ4v) is 3.24. The Bertz CT molecular complexity index is 634. The van der Waals surface area contributed by atoms with Crippen molar-refractivity contribution in [1.82, 2.24) is 10.3 Å². The molecule has 1 aliphatic rings. The SMILES string of the molecule is CNC(C)c1csc(NC(=O)C2(c3ccccc3)CC2)n1. The van der Waals surface area contributed by atoms with Gasteiger partial charge in [0.25, 0.3) is 0 Å². The number of hydrogen-bond donors (Lipinski definition) is 2. The molecular formula is C16H19N3OS. The molecular weight excluding hydrogens is 282 g/mol. The van der Waals surface area contributed by atoms with Crippen LogP contribution in [0.1, 0.15) is 37.1 Å². The first-order valence-corrected chi connectivity index (χ1v) is 8.03. The van der Waals surface area contributed by atoms with Crippen molar-refractivity contribution in [2.45, 2.75) is 31.2 Å². The Labute approximate surface area is 128 Å². The maximum Gasteiger partial charge on any atom is 0.236 e. The standard InChI is InChI=1S/C16H19N3OS/c1-11(17-2)13-10-21-15(18-13)19-14(20)16(8-9-16)12-6-4-3-5-7-12/h3-7,10-11,17H,8-9H2,1-2H3,(H,18,19,20). The summed E-state index contributed by atoms with van der Waals surface area (Å²) in [7, 11) is 1.90. The third-order valence-electron chi connectivity index (χ3n) is 4.13. The van der Waals surface area contributed by atoms with Crippen LogP contribution >= 0.6 is 11.3 Å². The number of thiazole rings is 1. The lowest BCUT2D eigenvalue weighted by Gasteiger charge is -2.14. The molecule has 1 saturated carbocycles. The summed E-state index contributed by atoms with van der Waals surface area (Å²) in [5.41, 5.74) is 1.71. The van der Waals surface area contributed by atoms with Gasteiger partial charge in [0, 0.05) is 11.4 Å². The fraction of sp³-hybridized carbons (Fsp3) is 0.375. The Morgan fingerprint density at radius 2 is 2.05 bits per heavy atom. The van der Waals surface area contributed by atoms with Gasteiger partial charge in [-0.05, 0) is 32.4 Å². The van der Waals surface area contributed by atoms with Gasteiger partial charge in [0.1, 0.15) is 0 Å². The van der Waals surface area contributed by atoms with Crippen molar-refractivity contribution in [1.29, 1.82) is 0 Å². The van der Waals surface area contributed by atoms with E-state index in [1.165, 1.54) is 11.3 Å². The van der Waals surface area contributed by atoms with Crippen molar-refractivity contribution in [2.24, 2.45) is 0 Å². The molecule has 2 N–H and O–H groups in total. The minimum Gasteiger partial charge on any atom is -0.312 e. The molecule has 1 aromatic carbocycles. The summed E-state index contributed by atoms with van der Waals surface area (Å²) in [4.78, 5) is 17.1. The highest BCUT2D eigenvalue weighted by molar-refractivity contribution is 7.13. The molecule has 0 bridgehead atoms. The lowest BCUT2D eigenvalue weighted by Crippen LogP contribution is -2.27. The van der Waals surface area contributed by atoms with E-state index in [2.05, 4.69) is 15.6 Å². The second-order valence-corrected chi connectivity index (χ2v) is 6.35. The number of nitrogens with zero attached hydrogens (tertiary/aromatic N) is 1. The summed E-state index contributed by atoms with van der Waals surface area (Å²) >= 11 is 1.48. The van der Waals surface area contributed by atoms with Crippen LogP contribution in [0, 0.1) is 0 Å². The van der Waals surface area contributed by atoms with Gasteiger partial charge in [0.15, 0.2) is 5.13 Å². The summed E-state index contributed by atoms with van der Waals surface area (Å²) in [5.74, 6) is 0.0618. The van der Waals surface area contributed by atoms with Crippen LogP contribution < -0.4 is 10.6 Å². The zero-order valence-electron chi connectivity index (χ0n) is 12.2. The molecule has 21 heavy (non-hydrogen) atoms. The highest BCUT2D eigenvalue weighted by atomic mass is 32.1. The van der Waals surface area contributed by atoms with E-state index >= 15 is 0 Å². The minimum absolute atomic E-state index is 0.0618. The topological polar surface area (TPSA) is 54.0 Å². The minimum atomic E-state index is -0.346. The van der Waals surface area contributed by atoms with Crippen molar-refractivity contribution in [2.75, 3.05) is 12.4 Å². The molecule has 4 nitrogen and oxygen atoms in total. The molecule has 1 heterocycles. The molecule has 5 heteroatoms. The molecule has 1 aromatic heterocycles. The molecule has 1 amide bonds. The fourth-order valence-electron chi connectivity index (χ4n) is 2.44. The third-order valence-corrected chi connectivity index (χ3v) is 4.91. The van der Waals surface area contributed by atoms with E-state index in [1.807, 2.05) is 49.7 Å².